The van der Waals surface area contributed by atoms with Crippen molar-refractivity contribution in [1.82, 2.24) is 20.7 Å². The highest BCUT2D eigenvalue weighted by Crippen LogP contribution is 2.18. The van der Waals surface area contributed by atoms with Gasteiger partial charge in [0.15, 0.2) is 0 Å². The molecule has 2 N–H and O–H groups in total. The number of nitrogens with one attached hydrogen (secondary N) is 2. The first-order valence-electron chi connectivity index (χ1n) is 7.79. The van der Waals surface area contributed by atoms with Crippen molar-refractivity contribution in [3.05, 3.63) is 51.7 Å². The summed E-state index contributed by atoms with van der Waals surface area (Å²) in [6.45, 7) is 3.87. The smallest absolute Gasteiger partial charge is 0.252 e. The lowest BCUT2D eigenvalue weighted by atomic mass is 10.1. The van der Waals surface area contributed by atoms with Crippen molar-refractivity contribution in [2.45, 2.75) is 26.3 Å². The number of carbonyl (C=O) groups excluding carboxylic acids is 2. The van der Waals surface area contributed by atoms with Gasteiger partial charge in [0.1, 0.15) is 10.8 Å². The van der Waals surface area contributed by atoms with Crippen molar-refractivity contribution in [3.63, 3.8) is 0 Å². The number of halogens is 1. The van der Waals surface area contributed by atoms with Gasteiger partial charge >= 0.3 is 0 Å². The summed E-state index contributed by atoms with van der Waals surface area (Å²) in [5, 5.41) is 2.57. The van der Waals surface area contributed by atoms with Crippen LogP contribution in [-0.2, 0) is 16.0 Å². The molecule has 2 aromatic rings. The van der Waals surface area contributed by atoms with Gasteiger partial charge in [0.2, 0.25) is 5.91 Å². The summed E-state index contributed by atoms with van der Waals surface area (Å²) in [7, 11) is 1.79. The summed E-state index contributed by atoms with van der Waals surface area (Å²) < 4.78 is 13.0. The van der Waals surface area contributed by atoms with Crippen molar-refractivity contribution in [1.29, 1.82) is 0 Å². The maximum Gasteiger partial charge on any atom is 0.252 e. The number of rotatable bonds is 6. The van der Waals surface area contributed by atoms with E-state index in [0.717, 1.165) is 11.3 Å². The minimum absolute atomic E-state index is 0.0691. The quantitative estimate of drug-likeness (QED) is 0.769. The van der Waals surface area contributed by atoms with Gasteiger partial charge < -0.3 is 0 Å². The molecule has 0 aliphatic rings. The van der Waals surface area contributed by atoms with Crippen molar-refractivity contribution < 1.29 is 14.0 Å². The Labute approximate surface area is 150 Å². The third kappa shape index (κ3) is 5.91. The first-order valence-corrected chi connectivity index (χ1v) is 8.67. The van der Waals surface area contributed by atoms with Gasteiger partial charge in [0.05, 0.1) is 13.0 Å². The van der Waals surface area contributed by atoms with Crippen LogP contribution in [0.2, 0.25) is 0 Å². The Bertz CT molecular complexity index is 733. The molecular weight excluding hydrogens is 343 g/mol. The zero-order valence-electron chi connectivity index (χ0n) is 14.4. The molecule has 2 amide bonds. The normalized spacial score (nSPS) is 12.0. The Morgan fingerprint density at radius 2 is 1.88 bits per heavy atom. The van der Waals surface area contributed by atoms with Gasteiger partial charge in [0.25, 0.3) is 5.91 Å². The zero-order chi connectivity index (χ0) is 18.4. The second-order valence-electron chi connectivity index (χ2n) is 5.80. The molecule has 0 radical (unpaired) electrons. The molecule has 1 heterocycles. The summed E-state index contributed by atoms with van der Waals surface area (Å²) in [5.74, 6) is -0.952. The molecule has 25 heavy (non-hydrogen) atoms. The minimum atomic E-state index is -0.333. The van der Waals surface area contributed by atoms with Crippen molar-refractivity contribution >= 4 is 23.2 Å². The van der Waals surface area contributed by atoms with Gasteiger partial charge in [-0.05, 0) is 38.6 Å². The number of amides is 2. The van der Waals surface area contributed by atoms with Crippen LogP contribution in [0.5, 0.6) is 0 Å². The van der Waals surface area contributed by atoms with E-state index in [1.165, 1.54) is 23.5 Å². The van der Waals surface area contributed by atoms with Crippen LogP contribution >= 0.6 is 11.3 Å². The molecule has 0 bridgehead atoms. The average molecular weight is 364 g/mol. The van der Waals surface area contributed by atoms with Crippen molar-refractivity contribution in [2.75, 3.05) is 13.6 Å². The van der Waals surface area contributed by atoms with Crippen LogP contribution in [0.4, 0.5) is 4.39 Å². The molecular formula is C17H21FN4O2S. The van der Waals surface area contributed by atoms with Gasteiger partial charge in [0, 0.05) is 17.1 Å². The fourth-order valence-electron chi connectivity index (χ4n) is 2.20. The predicted octanol–water partition coefficient (Wildman–Crippen LogP) is 1.97. The summed E-state index contributed by atoms with van der Waals surface area (Å²) in [5.41, 5.74) is 6.55. The second kappa shape index (κ2) is 8.68. The van der Waals surface area contributed by atoms with E-state index in [0.29, 0.717) is 5.01 Å². The Hall–Kier alpha value is -2.32. The molecule has 0 saturated carbocycles. The monoisotopic (exact) mass is 364 g/mol. The molecule has 0 aliphatic carbocycles. The highest BCUT2D eigenvalue weighted by molar-refractivity contribution is 7.09. The van der Waals surface area contributed by atoms with E-state index < -0.39 is 0 Å². The van der Waals surface area contributed by atoms with Crippen LogP contribution in [-0.4, -0.2) is 35.3 Å². The van der Waals surface area contributed by atoms with Crippen molar-refractivity contribution in [2.24, 2.45) is 0 Å². The molecule has 0 aliphatic heterocycles. The molecule has 1 aromatic heterocycles. The highest BCUT2D eigenvalue weighted by Gasteiger charge is 2.15. The number of benzene rings is 1. The predicted molar refractivity (Wildman–Crippen MR) is 94.3 cm³/mol. The number of nitrogens with zero attached hydrogens (tertiary/aromatic N) is 2. The highest BCUT2D eigenvalue weighted by atomic mass is 32.1. The van der Waals surface area contributed by atoms with Gasteiger partial charge in [-0.1, -0.05) is 12.1 Å². The van der Waals surface area contributed by atoms with E-state index >= 15 is 0 Å². The molecule has 0 fully saturated rings. The molecule has 8 heteroatoms. The summed E-state index contributed by atoms with van der Waals surface area (Å²) in [4.78, 5) is 29.8. The molecule has 134 valence electrons. The van der Waals surface area contributed by atoms with Crippen LogP contribution in [0.3, 0.4) is 0 Å². The number of carbonyl (C=O) groups is 2. The number of hydrogen-bond acceptors (Lipinski definition) is 5. The Balaban J connectivity index is 1.76. The largest absolute Gasteiger partial charge is 0.291 e. The average Bonchev–Trinajstić information content (AvgIpc) is 2.98. The van der Waals surface area contributed by atoms with E-state index in [-0.39, 0.29) is 36.6 Å². The Morgan fingerprint density at radius 1 is 1.24 bits per heavy atom. The number of aryl methyl sites for hydroxylation is 1. The number of thiazole rings is 1. The summed E-state index contributed by atoms with van der Waals surface area (Å²) >= 11 is 1.41. The molecule has 0 spiro atoms. The Kier molecular flexibility index (Phi) is 6.60. The first kappa shape index (κ1) is 19.0. The topological polar surface area (TPSA) is 74.3 Å². The van der Waals surface area contributed by atoms with Crippen LogP contribution < -0.4 is 10.9 Å². The van der Waals surface area contributed by atoms with Crippen molar-refractivity contribution in [3.8, 4) is 0 Å². The lowest BCUT2D eigenvalue weighted by molar-refractivity contribution is -0.129. The van der Waals surface area contributed by atoms with Crippen LogP contribution in [0.1, 0.15) is 29.2 Å². The molecule has 2 rings (SSSR count). The molecule has 0 saturated heterocycles. The maximum atomic E-state index is 13.0. The third-order valence-corrected chi connectivity index (χ3v) is 4.69. The molecule has 0 unspecified atom stereocenters. The number of hydrazine groups is 1. The fraction of sp³-hybridized carbons (Fsp3) is 0.353. The van der Waals surface area contributed by atoms with Gasteiger partial charge in [-0.2, -0.15) is 0 Å². The SMILES string of the molecule is Cc1csc(CC(=O)NNC(=O)CN(C)[C@@H](C)c2ccc(F)cc2)n1. The lowest BCUT2D eigenvalue weighted by Crippen LogP contribution is -2.46. The van der Waals surface area contributed by atoms with Gasteiger partial charge in [-0.25, -0.2) is 9.37 Å². The van der Waals surface area contributed by atoms with Crippen LogP contribution in [0.15, 0.2) is 29.6 Å². The van der Waals surface area contributed by atoms with Crippen LogP contribution in [0, 0.1) is 12.7 Å². The number of hydrogen-bond donors (Lipinski definition) is 2. The van der Waals surface area contributed by atoms with E-state index in [9.17, 15) is 14.0 Å². The standard InChI is InChI=1S/C17H21FN4O2S/c1-11-10-25-17(19-11)8-15(23)20-21-16(24)9-22(3)12(2)13-4-6-14(18)7-5-13/h4-7,10,12H,8-9H2,1-3H3,(H,20,23)(H,21,24)/t12-/m0/s1. The minimum Gasteiger partial charge on any atom is -0.291 e. The van der Waals surface area contributed by atoms with Crippen LogP contribution in [0.25, 0.3) is 0 Å². The maximum absolute atomic E-state index is 13.0. The Morgan fingerprint density at radius 3 is 2.48 bits per heavy atom. The third-order valence-electron chi connectivity index (χ3n) is 3.73. The van der Waals surface area contributed by atoms with E-state index in [1.807, 2.05) is 19.2 Å². The van der Waals surface area contributed by atoms with Gasteiger partial charge in [-0.3, -0.25) is 25.3 Å². The second-order valence-corrected chi connectivity index (χ2v) is 6.74. The zero-order valence-corrected chi connectivity index (χ0v) is 15.2. The first-order chi connectivity index (χ1) is 11.8. The van der Waals surface area contributed by atoms with Gasteiger partial charge in [-0.15, -0.1) is 11.3 Å². The van der Waals surface area contributed by atoms with E-state index in [2.05, 4.69) is 15.8 Å². The summed E-state index contributed by atoms with van der Waals surface area (Å²) in [6.07, 6.45) is 0.126. The lowest BCUT2D eigenvalue weighted by Gasteiger charge is -2.24. The summed E-state index contributed by atoms with van der Waals surface area (Å²) in [6, 6.07) is 6.08. The van der Waals surface area contributed by atoms with E-state index in [4.69, 9.17) is 0 Å². The molecule has 6 nitrogen and oxygen atoms in total. The number of aromatic nitrogens is 1. The number of likely N-dealkylation sites (N-methyl/N-ethyl adjacent to an activating group) is 1. The molecule has 1 atom stereocenters. The fourth-order valence-corrected chi connectivity index (χ4v) is 2.97. The molecule has 1 aromatic carbocycles. The van der Waals surface area contributed by atoms with E-state index in [1.54, 1.807) is 24.1 Å².